The molecule has 9 aromatic carbocycles. The Labute approximate surface area is 347 Å². The van der Waals surface area contributed by atoms with Crippen molar-refractivity contribution in [3.8, 4) is 39.3 Å². The van der Waals surface area contributed by atoms with Gasteiger partial charge in [0.25, 0.3) is 0 Å². The molecule has 1 spiro atoms. The average Bonchev–Trinajstić information content (AvgIpc) is 4.03. The van der Waals surface area contributed by atoms with Crippen molar-refractivity contribution in [1.29, 1.82) is 0 Å². The van der Waals surface area contributed by atoms with Crippen LogP contribution >= 0.6 is 0 Å². The van der Waals surface area contributed by atoms with Crippen molar-refractivity contribution in [3.05, 3.63) is 241 Å². The predicted molar refractivity (Wildman–Crippen MR) is 247 cm³/mol. The number of hydrogen-bond donors (Lipinski definition) is 0. The van der Waals surface area contributed by atoms with Crippen LogP contribution < -0.4 is 4.90 Å². The molecular formula is C57H36N2O. The Morgan fingerprint density at radius 3 is 1.65 bits per heavy atom. The van der Waals surface area contributed by atoms with Crippen LogP contribution in [0.2, 0.25) is 0 Å². The lowest BCUT2D eigenvalue weighted by molar-refractivity contribution is 0.628. The molecule has 2 aliphatic carbocycles. The largest absolute Gasteiger partial charge is 0.456 e. The Hall–Kier alpha value is -7.88. The van der Waals surface area contributed by atoms with Crippen LogP contribution in [0.5, 0.6) is 0 Å². The van der Waals surface area contributed by atoms with Crippen molar-refractivity contribution >= 4 is 49.8 Å². The number of nitrogens with zero attached hydrogens (tertiary/aromatic N) is 2. The summed E-state index contributed by atoms with van der Waals surface area (Å²) in [5.74, 6) is 0.946. The van der Waals surface area contributed by atoms with Gasteiger partial charge in [-0.25, -0.2) is 0 Å². The minimum Gasteiger partial charge on any atom is -0.456 e. The molecule has 2 aliphatic rings. The first-order valence-corrected chi connectivity index (χ1v) is 20.7. The molecule has 1 unspecified atom stereocenters. The Morgan fingerprint density at radius 2 is 0.933 bits per heavy atom. The zero-order chi connectivity index (χ0) is 39.4. The van der Waals surface area contributed by atoms with Crippen LogP contribution in [0.1, 0.15) is 22.3 Å². The second kappa shape index (κ2) is 12.6. The van der Waals surface area contributed by atoms with E-state index >= 15 is 0 Å². The molecule has 0 radical (unpaired) electrons. The predicted octanol–water partition coefficient (Wildman–Crippen LogP) is 15.0. The Morgan fingerprint density at radius 1 is 0.383 bits per heavy atom. The van der Waals surface area contributed by atoms with Gasteiger partial charge in [-0.2, -0.15) is 0 Å². The molecule has 0 N–H and O–H groups in total. The molecule has 1 atom stereocenters. The SMILES string of the molecule is c1ccc(N(c2ccccc2)c2ccc3c(c2)-c2oc4ccccc4c2C32c3ccccc3-c3cc(-c4ccc(-n5c6ccccc6c6ccccc65)cc4)ccc32)cc1. The number of hydrogen-bond acceptors (Lipinski definition) is 2. The highest BCUT2D eigenvalue weighted by molar-refractivity contribution is 6.09. The normalized spacial score (nSPS) is 14.7. The Balaban J connectivity index is 0.993. The Bertz CT molecular complexity index is 3390. The second-order valence-electron chi connectivity index (χ2n) is 16.0. The molecule has 2 aromatic heterocycles. The maximum absolute atomic E-state index is 6.97. The van der Waals surface area contributed by atoms with Crippen LogP contribution in [0.4, 0.5) is 17.1 Å². The lowest BCUT2D eigenvalue weighted by Gasteiger charge is -2.31. The monoisotopic (exact) mass is 764 g/mol. The lowest BCUT2D eigenvalue weighted by Crippen LogP contribution is -2.26. The van der Waals surface area contributed by atoms with Crippen molar-refractivity contribution in [1.82, 2.24) is 4.57 Å². The standard InChI is InChI=1S/C57H36N2O/c1-3-15-39(16-4-1)58(40-17-5-2-6-18-40)42-32-34-51-48(36-42)56-55(46-22-10-14-26-54(46)60-56)57(51)49-23-11-7-19-43(49)47-35-38(29-33-50(47)57)37-27-30-41(31-28-37)59-52-24-12-8-20-44(52)45-21-9-13-25-53(45)59/h1-36H. The molecule has 0 amide bonds. The third-order valence-corrected chi connectivity index (χ3v) is 13.0. The van der Waals surface area contributed by atoms with Crippen LogP contribution in [0.15, 0.2) is 223 Å². The summed E-state index contributed by atoms with van der Waals surface area (Å²) in [6, 6.07) is 79.4. The zero-order valence-corrected chi connectivity index (χ0v) is 32.6. The van der Waals surface area contributed by atoms with E-state index in [0.717, 1.165) is 45.0 Å². The van der Waals surface area contributed by atoms with Gasteiger partial charge in [0.2, 0.25) is 0 Å². The molecule has 0 bridgehead atoms. The van der Waals surface area contributed by atoms with Gasteiger partial charge in [0.1, 0.15) is 11.3 Å². The van der Waals surface area contributed by atoms with E-state index in [-0.39, 0.29) is 0 Å². The molecule has 0 saturated carbocycles. The van der Waals surface area contributed by atoms with Gasteiger partial charge in [-0.05, 0) is 112 Å². The van der Waals surface area contributed by atoms with Gasteiger partial charge in [0.15, 0.2) is 0 Å². The third kappa shape index (κ3) is 4.49. The van der Waals surface area contributed by atoms with Gasteiger partial charge in [-0.15, -0.1) is 0 Å². The number of para-hydroxylation sites is 5. The van der Waals surface area contributed by atoms with Gasteiger partial charge in [-0.3, -0.25) is 0 Å². The highest BCUT2D eigenvalue weighted by atomic mass is 16.3. The molecule has 0 aliphatic heterocycles. The van der Waals surface area contributed by atoms with E-state index in [0.29, 0.717) is 0 Å². The molecular weight excluding hydrogens is 729 g/mol. The second-order valence-corrected chi connectivity index (χ2v) is 16.0. The zero-order valence-electron chi connectivity index (χ0n) is 32.6. The fraction of sp³-hybridized carbons (Fsp3) is 0.0175. The summed E-state index contributed by atoms with van der Waals surface area (Å²) in [5.41, 5.74) is 18.3. The highest BCUT2D eigenvalue weighted by Crippen LogP contribution is 2.65. The van der Waals surface area contributed by atoms with Gasteiger partial charge >= 0.3 is 0 Å². The van der Waals surface area contributed by atoms with Crippen LogP contribution in [0.25, 0.3) is 72.0 Å². The number of aromatic nitrogens is 1. The molecule has 60 heavy (non-hydrogen) atoms. The number of furan rings is 1. The summed E-state index contributed by atoms with van der Waals surface area (Å²) < 4.78 is 9.35. The summed E-state index contributed by atoms with van der Waals surface area (Å²) >= 11 is 0. The number of fused-ring (bicyclic) bond motifs is 15. The van der Waals surface area contributed by atoms with Crippen molar-refractivity contribution in [2.75, 3.05) is 4.90 Å². The summed E-state index contributed by atoms with van der Waals surface area (Å²) in [5, 5.41) is 3.69. The molecule has 3 heteroatoms. The van der Waals surface area contributed by atoms with Crippen LogP contribution in [0, 0.1) is 0 Å². The lowest BCUT2D eigenvalue weighted by atomic mass is 9.70. The molecule has 13 rings (SSSR count). The van der Waals surface area contributed by atoms with Crippen molar-refractivity contribution in [3.63, 3.8) is 0 Å². The molecule has 0 saturated heterocycles. The molecule has 2 heterocycles. The summed E-state index contributed by atoms with van der Waals surface area (Å²) in [6.45, 7) is 0. The summed E-state index contributed by atoms with van der Waals surface area (Å²) in [6.07, 6.45) is 0. The first kappa shape index (κ1) is 33.1. The number of rotatable bonds is 5. The average molecular weight is 765 g/mol. The summed E-state index contributed by atoms with van der Waals surface area (Å²) in [7, 11) is 0. The minimum atomic E-state index is -0.551. The molecule has 3 nitrogen and oxygen atoms in total. The van der Waals surface area contributed by atoms with Crippen molar-refractivity contribution in [2.24, 2.45) is 0 Å². The number of benzene rings is 9. The first-order valence-electron chi connectivity index (χ1n) is 20.7. The smallest absolute Gasteiger partial charge is 0.140 e. The fourth-order valence-electron chi connectivity index (χ4n) is 10.6. The number of anilines is 3. The molecule has 0 fully saturated rings. The van der Waals surface area contributed by atoms with Crippen LogP contribution in [0.3, 0.4) is 0 Å². The topological polar surface area (TPSA) is 21.3 Å². The van der Waals surface area contributed by atoms with Crippen LogP contribution in [-0.2, 0) is 5.41 Å². The van der Waals surface area contributed by atoms with Gasteiger partial charge in [0.05, 0.1) is 16.4 Å². The van der Waals surface area contributed by atoms with E-state index < -0.39 is 5.41 Å². The third-order valence-electron chi connectivity index (χ3n) is 13.0. The van der Waals surface area contributed by atoms with E-state index in [9.17, 15) is 0 Å². The summed E-state index contributed by atoms with van der Waals surface area (Å²) in [4.78, 5) is 2.34. The van der Waals surface area contributed by atoms with E-state index in [1.807, 2.05) is 0 Å². The van der Waals surface area contributed by atoms with Gasteiger partial charge < -0.3 is 13.9 Å². The van der Waals surface area contributed by atoms with Crippen molar-refractivity contribution in [2.45, 2.75) is 5.41 Å². The highest BCUT2D eigenvalue weighted by Gasteiger charge is 2.54. The fourth-order valence-corrected chi connectivity index (χ4v) is 10.6. The van der Waals surface area contributed by atoms with E-state index in [4.69, 9.17) is 4.42 Å². The maximum atomic E-state index is 6.97. The van der Waals surface area contributed by atoms with Gasteiger partial charge in [-0.1, -0.05) is 146 Å². The minimum absolute atomic E-state index is 0.551. The van der Waals surface area contributed by atoms with Gasteiger partial charge in [0, 0.05) is 50.0 Å². The molecule has 11 aromatic rings. The quantitative estimate of drug-likeness (QED) is 0.174. The maximum Gasteiger partial charge on any atom is 0.140 e. The van der Waals surface area contributed by atoms with Crippen molar-refractivity contribution < 1.29 is 4.42 Å². The Kier molecular flexibility index (Phi) is 6.93. The van der Waals surface area contributed by atoms with E-state index in [1.54, 1.807) is 0 Å². The van der Waals surface area contributed by atoms with Crippen LogP contribution in [-0.4, -0.2) is 4.57 Å². The molecule has 280 valence electrons. The first-order chi connectivity index (χ1) is 29.8. The van der Waals surface area contributed by atoms with E-state index in [2.05, 4.69) is 228 Å². The van der Waals surface area contributed by atoms with E-state index in [1.165, 1.54) is 66.3 Å².